The zero-order valence-corrected chi connectivity index (χ0v) is 16.9. The van der Waals surface area contributed by atoms with E-state index in [2.05, 4.69) is 20.2 Å². The summed E-state index contributed by atoms with van der Waals surface area (Å²) in [5.41, 5.74) is 1.73. The van der Waals surface area contributed by atoms with Crippen molar-refractivity contribution in [1.29, 1.82) is 0 Å². The summed E-state index contributed by atoms with van der Waals surface area (Å²) in [6, 6.07) is 11.8. The smallest absolute Gasteiger partial charge is 0.211 e. The monoisotopic (exact) mass is 408 g/mol. The van der Waals surface area contributed by atoms with Gasteiger partial charge in [0.05, 0.1) is 11.4 Å². The predicted molar refractivity (Wildman–Crippen MR) is 109 cm³/mol. The highest BCUT2D eigenvalue weighted by atomic mass is 35.5. The van der Waals surface area contributed by atoms with Gasteiger partial charge in [0.15, 0.2) is 0 Å². The van der Waals surface area contributed by atoms with Crippen molar-refractivity contribution in [1.82, 2.24) is 14.9 Å². The van der Waals surface area contributed by atoms with Crippen LogP contribution in [-0.4, -0.2) is 37.0 Å². The molecule has 3 rings (SSSR count). The van der Waals surface area contributed by atoms with Crippen LogP contribution in [0.2, 0.25) is 5.02 Å². The molecule has 1 aliphatic rings. The minimum absolute atomic E-state index is 0.133. The molecular weight excluding hydrogens is 384 g/mol. The minimum atomic E-state index is -3.10. The molecule has 1 heterocycles. The Morgan fingerprint density at radius 3 is 2.52 bits per heavy atom. The molecule has 1 saturated carbocycles. The van der Waals surface area contributed by atoms with Crippen LogP contribution < -0.4 is 10.0 Å². The van der Waals surface area contributed by atoms with Crippen LogP contribution >= 0.6 is 11.6 Å². The van der Waals surface area contributed by atoms with Crippen molar-refractivity contribution in [2.75, 3.05) is 17.6 Å². The first-order chi connectivity index (χ1) is 12.9. The third kappa shape index (κ3) is 5.89. The highest BCUT2D eigenvalue weighted by molar-refractivity contribution is 7.89. The van der Waals surface area contributed by atoms with Crippen LogP contribution in [0.1, 0.15) is 32.6 Å². The molecule has 8 heteroatoms. The predicted octanol–water partition coefficient (Wildman–Crippen LogP) is 3.71. The molecule has 146 valence electrons. The molecule has 0 amide bonds. The number of rotatable bonds is 7. The molecule has 0 aliphatic heterocycles. The fraction of sp³-hybridized carbons (Fsp3) is 0.474. The molecule has 1 fully saturated rings. The lowest BCUT2D eigenvalue weighted by Crippen LogP contribution is -2.34. The molecular formula is C19H25ClN4O2S. The number of halogens is 1. The average Bonchev–Trinajstić information content (AvgIpc) is 2.68. The van der Waals surface area contributed by atoms with Crippen LogP contribution in [0.4, 0.5) is 5.82 Å². The number of hydrogen-bond donors (Lipinski definition) is 2. The summed E-state index contributed by atoms with van der Waals surface area (Å²) >= 11 is 6.02. The normalized spacial score (nSPS) is 20.4. The molecule has 0 unspecified atom stereocenters. The van der Waals surface area contributed by atoms with Crippen molar-refractivity contribution in [2.45, 2.75) is 38.6 Å². The van der Waals surface area contributed by atoms with Crippen LogP contribution in [-0.2, 0) is 10.0 Å². The molecule has 0 radical (unpaired) electrons. The van der Waals surface area contributed by atoms with Crippen molar-refractivity contribution in [3.63, 3.8) is 0 Å². The highest BCUT2D eigenvalue weighted by Gasteiger charge is 2.22. The van der Waals surface area contributed by atoms with Crippen molar-refractivity contribution in [3.8, 4) is 11.3 Å². The van der Waals surface area contributed by atoms with Crippen LogP contribution in [0, 0.1) is 5.92 Å². The lowest BCUT2D eigenvalue weighted by atomic mass is 9.86. The van der Waals surface area contributed by atoms with E-state index in [1.807, 2.05) is 36.4 Å². The summed E-state index contributed by atoms with van der Waals surface area (Å²) in [4.78, 5) is 0. The van der Waals surface area contributed by atoms with E-state index in [1.54, 1.807) is 6.92 Å². The summed E-state index contributed by atoms with van der Waals surface area (Å²) in [5.74, 6) is 1.30. The van der Waals surface area contributed by atoms with Crippen molar-refractivity contribution in [2.24, 2.45) is 5.92 Å². The first kappa shape index (κ1) is 20.0. The topological polar surface area (TPSA) is 84.0 Å². The van der Waals surface area contributed by atoms with Gasteiger partial charge in [-0.05, 0) is 62.8 Å². The molecule has 0 spiro atoms. The second kappa shape index (κ2) is 8.99. The maximum Gasteiger partial charge on any atom is 0.211 e. The zero-order valence-electron chi connectivity index (χ0n) is 15.4. The Kier molecular flexibility index (Phi) is 6.68. The Hall–Kier alpha value is -1.70. The third-order valence-corrected chi connectivity index (χ3v) is 6.56. The summed E-state index contributed by atoms with van der Waals surface area (Å²) in [5, 5.41) is 12.7. The van der Waals surface area contributed by atoms with E-state index in [4.69, 9.17) is 11.6 Å². The number of sulfonamides is 1. The summed E-state index contributed by atoms with van der Waals surface area (Å²) in [6.07, 6.45) is 3.99. The SMILES string of the molecule is CCS(=O)(=O)NC[C@H]1CC[C@H](Nc2ccc(-c3cccc(Cl)c3)nn2)CC1. The maximum atomic E-state index is 11.6. The molecule has 2 N–H and O–H groups in total. The van der Waals surface area contributed by atoms with Gasteiger partial charge in [-0.1, -0.05) is 23.7 Å². The van der Waals surface area contributed by atoms with Gasteiger partial charge in [0.25, 0.3) is 0 Å². The van der Waals surface area contributed by atoms with Gasteiger partial charge in [-0.2, -0.15) is 0 Å². The van der Waals surface area contributed by atoms with Crippen molar-refractivity contribution >= 4 is 27.4 Å². The molecule has 2 aromatic rings. The van der Waals surface area contributed by atoms with Crippen molar-refractivity contribution in [3.05, 3.63) is 41.4 Å². The van der Waals surface area contributed by atoms with Crippen LogP contribution in [0.25, 0.3) is 11.3 Å². The molecule has 0 atom stereocenters. The number of nitrogens with zero attached hydrogens (tertiary/aromatic N) is 2. The number of hydrogen-bond acceptors (Lipinski definition) is 5. The van der Waals surface area contributed by atoms with E-state index >= 15 is 0 Å². The number of nitrogens with one attached hydrogen (secondary N) is 2. The lowest BCUT2D eigenvalue weighted by Gasteiger charge is -2.29. The Bertz CT molecular complexity index is 850. The van der Waals surface area contributed by atoms with Gasteiger partial charge >= 0.3 is 0 Å². The van der Waals surface area contributed by atoms with E-state index in [-0.39, 0.29) is 5.75 Å². The Morgan fingerprint density at radius 2 is 1.89 bits per heavy atom. The van der Waals surface area contributed by atoms with Gasteiger partial charge in [0, 0.05) is 23.2 Å². The van der Waals surface area contributed by atoms with Gasteiger partial charge in [0.1, 0.15) is 5.82 Å². The summed E-state index contributed by atoms with van der Waals surface area (Å²) in [7, 11) is -3.10. The number of aromatic nitrogens is 2. The molecule has 0 bridgehead atoms. The Labute approximate surface area is 165 Å². The van der Waals surface area contributed by atoms with Gasteiger partial charge in [-0.3, -0.25) is 0 Å². The van der Waals surface area contributed by atoms with Crippen LogP contribution in [0.15, 0.2) is 36.4 Å². The molecule has 1 aromatic carbocycles. The van der Waals surface area contributed by atoms with E-state index in [0.29, 0.717) is 23.5 Å². The van der Waals surface area contributed by atoms with E-state index < -0.39 is 10.0 Å². The van der Waals surface area contributed by atoms with Gasteiger partial charge in [-0.25, -0.2) is 13.1 Å². The standard InChI is InChI=1S/C19H25ClN4O2S/c1-2-27(25,26)21-13-14-6-8-17(9-7-14)22-19-11-10-18(23-24-19)15-4-3-5-16(20)12-15/h3-5,10-12,14,17,21H,2,6-9,13H2,1H3,(H,22,24)/t14-,17-. The second-order valence-corrected chi connectivity index (χ2v) is 9.46. The molecule has 0 saturated heterocycles. The van der Waals surface area contributed by atoms with Crippen molar-refractivity contribution < 1.29 is 8.42 Å². The van der Waals surface area contributed by atoms with Gasteiger partial charge in [0.2, 0.25) is 10.0 Å². The quantitative estimate of drug-likeness (QED) is 0.729. The summed E-state index contributed by atoms with van der Waals surface area (Å²) in [6.45, 7) is 2.19. The second-order valence-electron chi connectivity index (χ2n) is 6.93. The largest absolute Gasteiger partial charge is 0.366 e. The highest BCUT2D eigenvalue weighted by Crippen LogP contribution is 2.26. The molecule has 1 aromatic heterocycles. The average molecular weight is 409 g/mol. The zero-order chi connectivity index (χ0) is 19.3. The minimum Gasteiger partial charge on any atom is -0.366 e. The van der Waals surface area contributed by atoms with E-state index in [1.165, 1.54) is 0 Å². The first-order valence-electron chi connectivity index (χ1n) is 9.28. The molecule has 1 aliphatic carbocycles. The molecule has 6 nitrogen and oxygen atoms in total. The third-order valence-electron chi connectivity index (χ3n) is 4.96. The fourth-order valence-electron chi connectivity index (χ4n) is 3.28. The lowest BCUT2D eigenvalue weighted by molar-refractivity contribution is 0.337. The Morgan fingerprint density at radius 1 is 1.11 bits per heavy atom. The van der Waals surface area contributed by atoms with Gasteiger partial charge in [-0.15, -0.1) is 10.2 Å². The number of anilines is 1. The van der Waals surface area contributed by atoms with Crippen LogP contribution in [0.5, 0.6) is 0 Å². The Balaban J connectivity index is 1.49. The summed E-state index contributed by atoms with van der Waals surface area (Å²) < 4.78 is 25.8. The van der Waals surface area contributed by atoms with Gasteiger partial charge < -0.3 is 5.32 Å². The maximum absolute atomic E-state index is 11.6. The number of benzene rings is 1. The first-order valence-corrected chi connectivity index (χ1v) is 11.3. The van der Waals surface area contributed by atoms with E-state index in [9.17, 15) is 8.42 Å². The molecule has 27 heavy (non-hydrogen) atoms. The fourth-order valence-corrected chi connectivity index (χ4v) is 4.16. The van der Waals surface area contributed by atoms with E-state index in [0.717, 1.165) is 42.8 Å². The van der Waals surface area contributed by atoms with Crippen LogP contribution in [0.3, 0.4) is 0 Å².